The lowest BCUT2D eigenvalue weighted by Crippen LogP contribution is -2.41. The van der Waals surface area contributed by atoms with Crippen LogP contribution in [0, 0.1) is 0 Å². The Morgan fingerprint density at radius 1 is 1.06 bits per heavy atom. The fraction of sp³-hybridized carbons (Fsp3) is 0.286. The maximum atomic E-state index is 13.1. The molecule has 2 aromatic carbocycles. The number of nitrogens with zero attached hydrogens (tertiary/aromatic N) is 2. The highest BCUT2D eigenvalue weighted by molar-refractivity contribution is 6.26. The Balaban J connectivity index is 1.64. The molecule has 2 aromatic rings. The summed E-state index contributed by atoms with van der Waals surface area (Å²) in [5.41, 5.74) is -1.86. The first kappa shape index (κ1) is 20.7. The summed E-state index contributed by atoms with van der Waals surface area (Å²) in [6.07, 6.45) is -5.00. The highest BCUT2D eigenvalue weighted by Crippen LogP contribution is 2.42. The molecule has 1 atom stereocenters. The van der Waals surface area contributed by atoms with Crippen molar-refractivity contribution in [2.24, 2.45) is 5.16 Å². The molecule has 7 nitrogen and oxygen atoms in total. The molecule has 2 amide bonds. The minimum absolute atomic E-state index is 0.0451. The predicted molar refractivity (Wildman–Crippen MR) is 103 cm³/mol. The van der Waals surface area contributed by atoms with Crippen LogP contribution in [-0.2, 0) is 20.6 Å². The average molecular weight is 434 g/mol. The number of imide groups is 1. The molecule has 0 saturated carbocycles. The van der Waals surface area contributed by atoms with E-state index in [1.807, 2.05) is 0 Å². The SMILES string of the molecule is COc1cccc(C2=NO[C@]3(CC(=O)N(c4cccc(C(F)(F)F)c4)C3=O)C2)c1OC. The highest BCUT2D eigenvalue weighted by Gasteiger charge is 2.58. The third-order valence-corrected chi connectivity index (χ3v) is 5.21. The monoisotopic (exact) mass is 434 g/mol. The lowest BCUT2D eigenvalue weighted by Gasteiger charge is -2.20. The van der Waals surface area contributed by atoms with Crippen molar-refractivity contribution >= 4 is 23.2 Å². The molecule has 0 aliphatic carbocycles. The molecule has 2 aliphatic rings. The van der Waals surface area contributed by atoms with Crippen LogP contribution in [0.5, 0.6) is 11.5 Å². The van der Waals surface area contributed by atoms with Crippen molar-refractivity contribution in [3.8, 4) is 11.5 Å². The summed E-state index contributed by atoms with van der Waals surface area (Å²) in [4.78, 5) is 31.9. The second-order valence-corrected chi connectivity index (χ2v) is 7.10. The van der Waals surface area contributed by atoms with E-state index in [-0.39, 0.29) is 18.5 Å². The fourth-order valence-electron chi connectivity index (χ4n) is 3.74. The molecule has 1 saturated heterocycles. The minimum atomic E-state index is -4.61. The van der Waals surface area contributed by atoms with E-state index in [2.05, 4.69) is 5.16 Å². The van der Waals surface area contributed by atoms with E-state index < -0.39 is 29.2 Å². The molecule has 10 heteroatoms. The van der Waals surface area contributed by atoms with Gasteiger partial charge >= 0.3 is 6.18 Å². The maximum Gasteiger partial charge on any atom is 0.416 e. The number of para-hydroxylation sites is 1. The van der Waals surface area contributed by atoms with Gasteiger partial charge in [0.2, 0.25) is 11.5 Å². The van der Waals surface area contributed by atoms with Gasteiger partial charge in [-0.2, -0.15) is 13.2 Å². The summed E-state index contributed by atoms with van der Waals surface area (Å²) in [6.45, 7) is 0. The van der Waals surface area contributed by atoms with Gasteiger partial charge in [0.15, 0.2) is 11.5 Å². The van der Waals surface area contributed by atoms with Crippen LogP contribution in [0.15, 0.2) is 47.6 Å². The van der Waals surface area contributed by atoms with E-state index in [0.717, 1.165) is 23.1 Å². The maximum absolute atomic E-state index is 13.1. The third-order valence-electron chi connectivity index (χ3n) is 5.21. The number of hydrogen-bond donors (Lipinski definition) is 0. The van der Waals surface area contributed by atoms with Gasteiger partial charge in [-0.05, 0) is 30.3 Å². The molecule has 0 aromatic heterocycles. The number of halogens is 3. The largest absolute Gasteiger partial charge is 0.493 e. The van der Waals surface area contributed by atoms with Crippen molar-refractivity contribution in [2.45, 2.75) is 24.6 Å². The molecular formula is C21H17F3N2O5. The molecule has 0 radical (unpaired) electrons. The fourth-order valence-corrected chi connectivity index (χ4v) is 3.74. The lowest BCUT2D eigenvalue weighted by atomic mass is 9.92. The molecule has 2 aliphatic heterocycles. The number of carbonyl (C=O) groups excluding carboxylic acids is 2. The van der Waals surface area contributed by atoms with E-state index in [9.17, 15) is 22.8 Å². The predicted octanol–water partition coefficient (Wildman–Crippen LogP) is 3.55. The van der Waals surface area contributed by atoms with Gasteiger partial charge in [-0.1, -0.05) is 17.3 Å². The molecule has 0 unspecified atom stereocenters. The van der Waals surface area contributed by atoms with Crippen molar-refractivity contribution < 1.29 is 37.1 Å². The van der Waals surface area contributed by atoms with Crippen LogP contribution in [0.2, 0.25) is 0 Å². The summed E-state index contributed by atoms with van der Waals surface area (Å²) < 4.78 is 49.8. The first-order chi connectivity index (χ1) is 14.7. The first-order valence-electron chi connectivity index (χ1n) is 9.21. The van der Waals surface area contributed by atoms with Gasteiger partial charge in [0.25, 0.3) is 5.91 Å². The zero-order chi connectivity index (χ0) is 22.4. The number of alkyl halides is 3. The summed E-state index contributed by atoms with van der Waals surface area (Å²) in [7, 11) is 2.93. The van der Waals surface area contributed by atoms with Crippen LogP contribution in [0.3, 0.4) is 0 Å². The van der Waals surface area contributed by atoms with E-state index >= 15 is 0 Å². The zero-order valence-corrected chi connectivity index (χ0v) is 16.5. The molecule has 0 N–H and O–H groups in total. The summed E-state index contributed by atoms with van der Waals surface area (Å²) in [5.74, 6) is -0.602. The smallest absolute Gasteiger partial charge is 0.416 e. The van der Waals surface area contributed by atoms with Crippen molar-refractivity contribution in [3.63, 3.8) is 0 Å². The van der Waals surface area contributed by atoms with Gasteiger partial charge in [0.1, 0.15) is 0 Å². The van der Waals surface area contributed by atoms with Gasteiger partial charge in [-0.15, -0.1) is 0 Å². The Kier molecular flexibility index (Phi) is 4.87. The second kappa shape index (κ2) is 7.29. The molecule has 31 heavy (non-hydrogen) atoms. The lowest BCUT2D eigenvalue weighted by molar-refractivity contribution is -0.138. The minimum Gasteiger partial charge on any atom is -0.493 e. The quantitative estimate of drug-likeness (QED) is 0.688. The van der Waals surface area contributed by atoms with Crippen LogP contribution in [0.1, 0.15) is 24.0 Å². The van der Waals surface area contributed by atoms with Crippen molar-refractivity contribution in [2.75, 3.05) is 19.1 Å². The molecule has 162 valence electrons. The Labute approximate surface area is 175 Å². The zero-order valence-electron chi connectivity index (χ0n) is 16.5. The van der Waals surface area contributed by atoms with E-state index in [4.69, 9.17) is 14.3 Å². The van der Waals surface area contributed by atoms with E-state index in [1.54, 1.807) is 18.2 Å². The molecule has 1 fully saturated rings. The molecule has 2 heterocycles. The van der Waals surface area contributed by atoms with Crippen LogP contribution >= 0.6 is 0 Å². The van der Waals surface area contributed by atoms with Crippen molar-refractivity contribution in [1.82, 2.24) is 0 Å². The van der Waals surface area contributed by atoms with Gasteiger partial charge < -0.3 is 14.3 Å². The Hall–Kier alpha value is -3.56. The Morgan fingerprint density at radius 2 is 1.81 bits per heavy atom. The van der Waals surface area contributed by atoms with Crippen LogP contribution < -0.4 is 14.4 Å². The van der Waals surface area contributed by atoms with Crippen molar-refractivity contribution in [3.05, 3.63) is 53.6 Å². The van der Waals surface area contributed by atoms with Gasteiger partial charge in [-0.3, -0.25) is 9.59 Å². The van der Waals surface area contributed by atoms with Crippen LogP contribution in [0.25, 0.3) is 0 Å². The number of carbonyl (C=O) groups is 2. The number of anilines is 1. The Morgan fingerprint density at radius 3 is 2.48 bits per heavy atom. The highest BCUT2D eigenvalue weighted by atomic mass is 19.4. The normalized spacial score (nSPS) is 20.8. The summed E-state index contributed by atoms with van der Waals surface area (Å²) >= 11 is 0. The topological polar surface area (TPSA) is 77.4 Å². The van der Waals surface area contributed by atoms with Gasteiger partial charge in [0.05, 0.1) is 37.6 Å². The van der Waals surface area contributed by atoms with Gasteiger partial charge in [-0.25, -0.2) is 4.90 Å². The number of amides is 2. The van der Waals surface area contributed by atoms with E-state index in [0.29, 0.717) is 22.8 Å². The van der Waals surface area contributed by atoms with Crippen LogP contribution in [0.4, 0.5) is 18.9 Å². The number of ether oxygens (including phenoxy) is 2. The number of rotatable bonds is 4. The molecular weight excluding hydrogens is 417 g/mol. The number of hydrogen-bond acceptors (Lipinski definition) is 6. The van der Waals surface area contributed by atoms with Crippen molar-refractivity contribution in [1.29, 1.82) is 0 Å². The summed E-state index contributed by atoms with van der Waals surface area (Å²) in [6, 6.07) is 9.14. The standard InChI is InChI=1S/C21H17F3N2O5/c1-29-16-8-4-7-14(18(16)30-2)15-10-20(31-25-15)11-17(27)26(19(20)28)13-6-3-5-12(9-13)21(22,23)24/h3-9H,10-11H2,1-2H3/t20-/m0/s1. The third kappa shape index (κ3) is 3.37. The van der Waals surface area contributed by atoms with Gasteiger partial charge in [0, 0.05) is 12.0 Å². The molecule has 0 bridgehead atoms. The van der Waals surface area contributed by atoms with Crippen LogP contribution in [-0.4, -0.2) is 37.3 Å². The molecule has 4 rings (SSSR count). The first-order valence-corrected chi connectivity index (χ1v) is 9.21. The number of benzene rings is 2. The second-order valence-electron chi connectivity index (χ2n) is 7.10. The Bertz CT molecular complexity index is 1100. The average Bonchev–Trinajstić information content (AvgIpc) is 3.27. The number of oxime groups is 1. The summed E-state index contributed by atoms with van der Waals surface area (Å²) in [5, 5.41) is 4.00. The number of methoxy groups -OCH3 is 2. The van der Waals surface area contributed by atoms with E-state index in [1.165, 1.54) is 20.3 Å². The molecule has 1 spiro atoms.